The highest BCUT2D eigenvalue weighted by molar-refractivity contribution is 5.95. The third-order valence-electron chi connectivity index (χ3n) is 2.69. The molecule has 0 atom stereocenters. The van der Waals surface area contributed by atoms with Crippen LogP contribution in [-0.4, -0.2) is 5.78 Å². The van der Waals surface area contributed by atoms with Crippen LogP contribution >= 0.6 is 0 Å². The van der Waals surface area contributed by atoms with E-state index in [1.165, 1.54) is 0 Å². The molecular weight excluding hydrogens is 184 g/mol. The van der Waals surface area contributed by atoms with Crippen LogP contribution in [0.15, 0.2) is 23.8 Å². The van der Waals surface area contributed by atoms with Gasteiger partial charge < -0.3 is 0 Å². The van der Waals surface area contributed by atoms with E-state index in [-0.39, 0.29) is 0 Å². The number of rotatable bonds is 5. The van der Waals surface area contributed by atoms with Gasteiger partial charge in [-0.15, -0.1) is 0 Å². The largest absolute Gasteiger partial charge is 0.295 e. The van der Waals surface area contributed by atoms with Crippen molar-refractivity contribution in [2.75, 3.05) is 0 Å². The van der Waals surface area contributed by atoms with E-state index in [1.807, 2.05) is 0 Å². The summed E-state index contributed by atoms with van der Waals surface area (Å²) in [7, 11) is 0. The maximum absolute atomic E-state index is 11.5. The van der Waals surface area contributed by atoms with Crippen molar-refractivity contribution in [3.05, 3.63) is 23.8 Å². The molecular formula is C14H22O. The topological polar surface area (TPSA) is 17.1 Å². The average molecular weight is 206 g/mol. The van der Waals surface area contributed by atoms with Crippen LogP contribution in [0.1, 0.15) is 52.4 Å². The lowest BCUT2D eigenvalue weighted by molar-refractivity contribution is -0.116. The number of hydrogen-bond acceptors (Lipinski definition) is 1. The lowest BCUT2D eigenvalue weighted by Gasteiger charge is -2.10. The fourth-order valence-electron chi connectivity index (χ4n) is 1.83. The SMILES string of the molecule is CC(C)/C=C/CCCC1=CCCCC1=O. The Kier molecular flexibility index (Phi) is 5.38. The van der Waals surface area contributed by atoms with Crippen molar-refractivity contribution in [3.63, 3.8) is 0 Å². The predicted molar refractivity (Wildman–Crippen MR) is 64.8 cm³/mol. The molecule has 0 spiro atoms. The standard InChI is InChI=1S/C14H22O/c1-12(2)8-4-3-5-9-13-10-6-7-11-14(13)15/h4,8,10,12H,3,5-7,9,11H2,1-2H3/b8-4+. The van der Waals surface area contributed by atoms with Crippen LogP contribution in [0.5, 0.6) is 0 Å². The summed E-state index contributed by atoms with van der Waals surface area (Å²) in [4.78, 5) is 11.5. The predicted octanol–water partition coefficient (Wildman–Crippen LogP) is 4.05. The molecule has 0 saturated heterocycles. The van der Waals surface area contributed by atoms with Crippen LogP contribution in [0.25, 0.3) is 0 Å². The fraction of sp³-hybridized carbons (Fsp3) is 0.643. The first-order valence-corrected chi connectivity index (χ1v) is 6.09. The summed E-state index contributed by atoms with van der Waals surface area (Å²) in [6, 6.07) is 0. The molecule has 84 valence electrons. The van der Waals surface area contributed by atoms with Crippen molar-refractivity contribution < 1.29 is 4.79 Å². The van der Waals surface area contributed by atoms with Crippen LogP contribution in [0, 0.1) is 5.92 Å². The summed E-state index contributed by atoms with van der Waals surface area (Å²) in [6.45, 7) is 4.37. The summed E-state index contributed by atoms with van der Waals surface area (Å²) in [5.41, 5.74) is 1.08. The molecule has 0 fully saturated rings. The normalized spacial score (nSPS) is 17.5. The fourth-order valence-corrected chi connectivity index (χ4v) is 1.83. The molecule has 1 heteroatoms. The molecule has 1 nitrogen and oxygen atoms in total. The molecule has 1 rings (SSSR count). The third-order valence-corrected chi connectivity index (χ3v) is 2.69. The zero-order chi connectivity index (χ0) is 11.1. The molecule has 15 heavy (non-hydrogen) atoms. The quantitative estimate of drug-likeness (QED) is 0.490. The Morgan fingerprint density at radius 1 is 1.47 bits per heavy atom. The van der Waals surface area contributed by atoms with Crippen LogP contribution in [-0.2, 0) is 4.79 Å². The summed E-state index contributed by atoms with van der Waals surface area (Å²) >= 11 is 0. The summed E-state index contributed by atoms with van der Waals surface area (Å²) in [5, 5.41) is 0. The highest BCUT2D eigenvalue weighted by atomic mass is 16.1. The van der Waals surface area contributed by atoms with E-state index < -0.39 is 0 Å². The van der Waals surface area contributed by atoms with Gasteiger partial charge in [-0.1, -0.05) is 32.1 Å². The Morgan fingerprint density at radius 3 is 2.93 bits per heavy atom. The van der Waals surface area contributed by atoms with Gasteiger partial charge in [0, 0.05) is 6.42 Å². The smallest absolute Gasteiger partial charge is 0.158 e. The Hall–Kier alpha value is -0.850. The molecule has 0 heterocycles. The summed E-state index contributed by atoms with van der Waals surface area (Å²) in [5.74, 6) is 1.02. The van der Waals surface area contributed by atoms with Gasteiger partial charge in [0.15, 0.2) is 5.78 Å². The van der Waals surface area contributed by atoms with Crippen molar-refractivity contribution in [2.45, 2.75) is 52.4 Å². The highest BCUT2D eigenvalue weighted by Gasteiger charge is 2.11. The van der Waals surface area contributed by atoms with Crippen LogP contribution in [0.3, 0.4) is 0 Å². The molecule has 1 aliphatic carbocycles. The lowest BCUT2D eigenvalue weighted by atomic mass is 9.94. The molecule has 0 N–H and O–H groups in total. The van der Waals surface area contributed by atoms with Crippen LogP contribution in [0.2, 0.25) is 0 Å². The van der Waals surface area contributed by atoms with E-state index in [0.29, 0.717) is 11.7 Å². The van der Waals surface area contributed by atoms with E-state index >= 15 is 0 Å². The van der Waals surface area contributed by atoms with Gasteiger partial charge >= 0.3 is 0 Å². The van der Waals surface area contributed by atoms with Gasteiger partial charge in [0.05, 0.1) is 0 Å². The van der Waals surface area contributed by atoms with E-state index in [4.69, 9.17) is 0 Å². The Bertz CT molecular complexity index is 259. The molecule has 0 saturated carbocycles. The second-order valence-electron chi connectivity index (χ2n) is 4.61. The Balaban J connectivity index is 2.19. The molecule has 0 radical (unpaired) electrons. The molecule has 0 bridgehead atoms. The highest BCUT2D eigenvalue weighted by Crippen LogP contribution is 2.19. The number of allylic oxidation sites excluding steroid dienone is 4. The second-order valence-corrected chi connectivity index (χ2v) is 4.61. The van der Waals surface area contributed by atoms with E-state index in [9.17, 15) is 4.79 Å². The monoisotopic (exact) mass is 206 g/mol. The molecule has 0 amide bonds. The van der Waals surface area contributed by atoms with Gasteiger partial charge in [0.25, 0.3) is 0 Å². The van der Waals surface area contributed by atoms with Crippen molar-refractivity contribution >= 4 is 5.78 Å². The van der Waals surface area contributed by atoms with Gasteiger partial charge in [-0.3, -0.25) is 4.79 Å². The number of unbranched alkanes of at least 4 members (excludes halogenated alkanes) is 1. The third kappa shape index (κ3) is 4.96. The molecule has 0 unspecified atom stereocenters. The van der Waals surface area contributed by atoms with Gasteiger partial charge in [-0.05, 0) is 43.6 Å². The van der Waals surface area contributed by atoms with E-state index in [2.05, 4.69) is 32.1 Å². The maximum Gasteiger partial charge on any atom is 0.158 e. The average Bonchev–Trinajstić information content (AvgIpc) is 2.20. The lowest BCUT2D eigenvalue weighted by Crippen LogP contribution is -2.06. The number of Topliss-reactive ketones (excluding diaryl/α,β-unsaturated/α-hetero) is 1. The van der Waals surface area contributed by atoms with Crippen molar-refractivity contribution in [2.24, 2.45) is 5.92 Å². The van der Waals surface area contributed by atoms with E-state index in [1.54, 1.807) is 0 Å². The minimum absolute atomic E-state index is 0.383. The second kappa shape index (κ2) is 6.60. The van der Waals surface area contributed by atoms with E-state index in [0.717, 1.165) is 44.1 Å². The first-order valence-electron chi connectivity index (χ1n) is 6.09. The zero-order valence-corrected chi connectivity index (χ0v) is 9.96. The van der Waals surface area contributed by atoms with Gasteiger partial charge in [-0.2, -0.15) is 0 Å². The first-order chi connectivity index (χ1) is 7.20. The summed E-state index contributed by atoms with van der Waals surface area (Å²) < 4.78 is 0. The van der Waals surface area contributed by atoms with Gasteiger partial charge in [0.2, 0.25) is 0 Å². The summed E-state index contributed by atoms with van der Waals surface area (Å²) in [6.07, 6.45) is 12.7. The minimum atomic E-state index is 0.383. The van der Waals surface area contributed by atoms with Gasteiger partial charge in [0.1, 0.15) is 0 Å². The van der Waals surface area contributed by atoms with Crippen LogP contribution < -0.4 is 0 Å². The van der Waals surface area contributed by atoms with Crippen molar-refractivity contribution in [1.29, 1.82) is 0 Å². The van der Waals surface area contributed by atoms with Crippen LogP contribution in [0.4, 0.5) is 0 Å². The number of carbonyl (C=O) groups excluding carboxylic acids is 1. The molecule has 0 aromatic heterocycles. The molecule has 0 aromatic carbocycles. The minimum Gasteiger partial charge on any atom is -0.295 e. The molecule has 1 aliphatic rings. The Morgan fingerprint density at radius 2 is 2.27 bits per heavy atom. The molecule has 0 aromatic rings. The zero-order valence-electron chi connectivity index (χ0n) is 9.96. The maximum atomic E-state index is 11.5. The first kappa shape index (κ1) is 12.2. The Labute approximate surface area is 93.3 Å². The van der Waals surface area contributed by atoms with Gasteiger partial charge in [-0.25, -0.2) is 0 Å². The molecule has 0 aliphatic heterocycles. The van der Waals surface area contributed by atoms with Crippen molar-refractivity contribution in [3.8, 4) is 0 Å². The number of carbonyl (C=O) groups is 1. The number of ketones is 1. The van der Waals surface area contributed by atoms with Crippen molar-refractivity contribution in [1.82, 2.24) is 0 Å². The number of hydrogen-bond donors (Lipinski definition) is 0.